The van der Waals surface area contributed by atoms with Gasteiger partial charge in [-0.3, -0.25) is 9.35 Å². The number of carbonyl (C=O) groups excluding carboxylic acids is 1. The van der Waals surface area contributed by atoms with Gasteiger partial charge in [-0.2, -0.15) is 43.2 Å². The summed E-state index contributed by atoms with van der Waals surface area (Å²) in [4.78, 5) is 11.9. The Balaban J connectivity index is 2.22. The molecule has 0 aromatic carbocycles. The minimum Gasteiger partial charge on any atom is -0.347 e. The fourth-order valence-electron chi connectivity index (χ4n) is 2.80. The van der Waals surface area contributed by atoms with Crippen molar-refractivity contribution in [1.29, 1.82) is 0 Å². The van der Waals surface area contributed by atoms with Crippen molar-refractivity contribution in [2.24, 2.45) is 0 Å². The topological polar surface area (TPSA) is 136 Å². The molecule has 1 aliphatic carbocycles. The van der Waals surface area contributed by atoms with E-state index in [-0.39, 0.29) is 0 Å². The maximum absolute atomic E-state index is 13.7. The molecule has 1 saturated heterocycles. The van der Waals surface area contributed by atoms with Crippen molar-refractivity contribution >= 4 is 26.0 Å². The van der Waals surface area contributed by atoms with Gasteiger partial charge in [0.15, 0.2) is 11.9 Å². The summed E-state index contributed by atoms with van der Waals surface area (Å²) in [5.74, 6) is -10.3. The molecular formula is C12H15F6NO8S2. The highest BCUT2D eigenvalue weighted by Crippen LogP contribution is 2.50. The number of amides is 1. The molecule has 0 aromatic rings. The average Bonchev–Trinajstić information content (AvgIpc) is 2.97. The molecule has 1 unspecified atom stereocenters. The molecule has 9 nitrogen and oxygen atoms in total. The van der Waals surface area contributed by atoms with Gasteiger partial charge in [0, 0.05) is 12.8 Å². The molecule has 17 heteroatoms. The van der Waals surface area contributed by atoms with E-state index in [9.17, 15) is 48.0 Å². The number of sulfonamides is 1. The molecule has 1 amide bonds. The molecule has 1 heterocycles. The van der Waals surface area contributed by atoms with Gasteiger partial charge in [-0.05, 0) is 12.8 Å². The minimum atomic E-state index is -7.15. The zero-order chi connectivity index (χ0) is 22.5. The Labute approximate surface area is 160 Å². The van der Waals surface area contributed by atoms with Crippen molar-refractivity contribution in [2.75, 3.05) is 6.61 Å². The SMILES string of the molecule is O=C(NS(=O)(=O)C(F)(F)C(F)(F)C(F)(F)S(=O)(=O)O)C1COC2(CCCCC2)O1. The maximum atomic E-state index is 13.7. The molecule has 0 aromatic heterocycles. The van der Waals surface area contributed by atoms with Crippen molar-refractivity contribution in [1.82, 2.24) is 4.72 Å². The Morgan fingerprint density at radius 1 is 0.966 bits per heavy atom. The standard InChI is InChI=1S/C12H15F6NO8S2/c13-10(14,12(17,18)29(23,24)25)11(15,16)28(21,22)19-8(20)7-6-26-9(27-7)4-2-1-3-5-9/h7H,1-6H2,(H,19,20)(H,23,24,25). The highest BCUT2D eigenvalue weighted by Gasteiger charge is 2.82. The number of hydrogen-bond acceptors (Lipinski definition) is 7. The molecular weight excluding hydrogens is 464 g/mol. The average molecular weight is 479 g/mol. The predicted octanol–water partition coefficient (Wildman–Crippen LogP) is 1.22. The monoisotopic (exact) mass is 479 g/mol. The summed E-state index contributed by atoms with van der Waals surface area (Å²) in [6.07, 6.45) is 0.789. The molecule has 2 aliphatic rings. The summed E-state index contributed by atoms with van der Waals surface area (Å²) in [7, 11) is -14.1. The van der Waals surface area contributed by atoms with Crippen LogP contribution in [0.4, 0.5) is 26.3 Å². The predicted molar refractivity (Wildman–Crippen MR) is 80.1 cm³/mol. The second kappa shape index (κ2) is 7.21. The second-order valence-corrected chi connectivity index (χ2v) is 9.63. The summed E-state index contributed by atoms with van der Waals surface area (Å²) in [5.41, 5.74) is 0. The van der Waals surface area contributed by atoms with Gasteiger partial charge in [0.25, 0.3) is 5.91 Å². The molecule has 1 saturated carbocycles. The van der Waals surface area contributed by atoms with Crippen molar-refractivity contribution in [2.45, 2.75) is 60.4 Å². The Bertz CT molecular complexity index is 869. The van der Waals surface area contributed by atoms with Gasteiger partial charge < -0.3 is 9.47 Å². The molecule has 2 N–H and O–H groups in total. The van der Waals surface area contributed by atoms with Crippen LogP contribution in [0, 0.1) is 0 Å². The van der Waals surface area contributed by atoms with Crippen LogP contribution in [-0.2, 0) is 34.4 Å². The van der Waals surface area contributed by atoms with E-state index in [1.165, 1.54) is 0 Å². The Kier molecular flexibility index (Phi) is 5.99. The highest BCUT2D eigenvalue weighted by molar-refractivity contribution is 7.91. The van der Waals surface area contributed by atoms with Gasteiger partial charge in [0.1, 0.15) is 0 Å². The third-order valence-electron chi connectivity index (χ3n) is 4.39. The van der Waals surface area contributed by atoms with Crippen LogP contribution >= 0.6 is 0 Å². The van der Waals surface area contributed by atoms with Crippen LogP contribution in [0.5, 0.6) is 0 Å². The van der Waals surface area contributed by atoms with Gasteiger partial charge in [-0.1, -0.05) is 6.42 Å². The first-order valence-electron chi connectivity index (χ1n) is 7.89. The van der Waals surface area contributed by atoms with Gasteiger partial charge >= 0.3 is 36.6 Å². The number of halogens is 6. The number of ether oxygens (including phenoxy) is 2. The van der Waals surface area contributed by atoms with Gasteiger partial charge in [0.05, 0.1) is 6.61 Å². The lowest BCUT2D eigenvalue weighted by Gasteiger charge is -2.32. The number of alkyl halides is 6. The van der Waals surface area contributed by atoms with E-state index in [0.29, 0.717) is 30.4 Å². The summed E-state index contributed by atoms with van der Waals surface area (Å²) >= 11 is 0. The van der Waals surface area contributed by atoms with Crippen LogP contribution in [0.25, 0.3) is 0 Å². The summed E-state index contributed by atoms with van der Waals surface area (Å²) in [6.45, 7) is -0.621. The molecule has 0 radical (unpaired) electrons. The van der Waals surface area contributed by atoms with Crippen LogP contribution in [0.2, 0.25) is 0 Å². The molecule has 1 spiro atoms. The van der Waals surface area contributed by atoms with Gasteiger partial charge in [-0.25, -0.2) is 4.72 Å². The quantitative estimate of drug-likeness (QED) is 0.429. The minimum absolute atomic E-state index is 0.290. The van der Waals surface area contributed by atoms with Crippen molar-refractivity contribution in [3.05, 3.63) is 0 Å². The van der Waals surface area contributed by atoms with Crippen LogP contribution in [-0.4, -0.2) is 62.2 Å². The van der Waals surface area contributed by atoms with E-state index in [4.69, 9.17) is 14.0 Å². The lowest BCUT2D eigenvalue weighted by atomic mass is 9.94. The fourth-order valence-corrected chi connectivity index (χ4v) is 4.31. The summed E-state index contributed by atoms with van der Waals surface area (Å²) in [5, 5.41) is -13.7. The molecule has 0 bridgehead atoms. The van der Waals surface area contributed by atoms with Crippen molar-refractivity contribution in [3.63, 3.8) is 0 Å². The number of hydrogen-bond donors (Lipinski definition) is 2. The Morgan fingerprint density at radius 3 is 1.97 bits per heavy atom. The molecule has 1 atom stereocenters. The normalized spacial score (nSPS) is 23.9. The van der Waals surface area contributed by atoms with Crippen LogP contribution < -0.4 is 4.72 Å². The van der Waals surface area contributed by atoms with Crippen LogP contribution in [0.3, 0.4) is 0 Å². The zero-order valence-corrected chi connectivity index (χ0v) is 15.8. The highest BCUT2D eigenvalue weighted by atomic mass is 32.2. The molecule has 2 rings (SSSR count). The Morgan fingerprint density at radius 2 is 1.48 bits per heavy atom. The van der Waals surface area contributed by atoms with E-state index in [0.717, 1.165) is 6.42 Å². The van der Waals surface area contributed by atoms with E-state index >= 15 is 0 Å². The first-order chi connectivity index (χ1) is 12.9. The van der Waals surface area contributed by atoms with Gasteiger partial charge in [0.2, 0.25) is 0 Å². The van der Waals surface area contributed by atoms with E-state index < -0.39 is 61.0 Å². The number of nitrogens with one attached hydrogen (secondary N) is 1. The van der Waals surface area contributed by atoms with Crippen molar-refractivity contribution < 1.29 is 62.0 Å². The largest absolute Gasteiger partial charge is 0.439 e. The molecule has 29 heavy (non-hydrogen) atoms. The fraction of sp³-hybridized carbons (Fsp3) is 0.917. The number of carbonyl (C=O) groups is 1. The maximum Gasteiger partial charge on any atom is 0.439 e. The first kappa shape index (κ1) is 24.1. The van der Waals surface area contributed by atoms with E-state index in [1.54, 1.807) is 0 Å². The zero-order valence-electron chi connectivity index (χ0n) is 14.2. The van der Waals surface area contributed by atoms with E-state index in [1.807, 2.05) is 0 Å². The van der Waals surface area contributed by atoms with Crippen LogP contribution in [0.1, 0.15) is 32.1 Å². The van der Waals surface area contributed by atoms with Crippen LogP contribution in [0.15, 0.2) is 0 Å². The second-order valence-electron chi connectivity index (χ2n) is 6.44. The first-order valence-corrected chi connectivity index (χ1v) is 10.8. The lowest BCUT2D eigenvalue weighted by molar-refractivity contribution is -0.246. The molecule has 170 valence electrons. The lowest BCUT2D eigenvalue weighted by Crippen LogP contribution is -2.63. The summed E-state index contributed by atoms with van der Waals surface area (Å²) in [6, 6.07) is 0. The van der Waals surface area contributed by atoms with Gasteiger partial charge in [-0.15, -0.1) is 0 Å². The molecule has 1 aliphatic heterocycles. The molecule has 2 fully saturated rings. The third kappa shape index (κ3) is 3.94. The number of rotatable bonds is 6. The van der Waals surface area contributed by atoms with E-state index in [2.05, 4.69) is 0 Å². The smallest absolute Gasteiger partial charge is 0.347 e. The third-order valence-corrected chi connectivity index (χ3v) is 6.70. The summed E-state index contributed by atoms with van der Waals surface area (Å²) < 4.78 is 143. The Hall–Kier alpha value is -1.17. The van der Waals surface area contributed by atoms with Crippen molar-refractivity contribution in [3.8, 4) is 0 Å².